The van der Waals surface area contributed by atoms with E-state index in [9.17, 15) is 0 Å². The van der Waals surface area contributed by atoms with Gasteiger partial charge in [-0.15, -0.1) is 0 Å². The molecule has 0 fully saturated rings. The van der Waals surface area contributed by atoms with Gasteiger partial charge >= 0.3 is 0 Å². The highest BCUT2D eigenvalue weighted by molar-refractivity contribution is 9.10. The Balaban J connectivity index is 2.53. The maximum Gasteiger partial charge on any atom is 0.0245 e. The van der Waals surface area contributed by atoms with Gasteiger partial charge in [0.05, 0.1) is 0 Å². The zero-order valence-corrected chi connectivity index (χ0v) is 12.0. The number of halogens is 1. The third-order valence-corrected chi connectivity index (χ3v) is 3.44. The van der Waals surface area contributed by atoms with Crippen molar-refractivity contribution < 1.29 is 0 Å². The van der Waals surface area contributed by atoms with Crippen LogP contribution in [0.1, 0.15) is 12.5 Å². The lowest BCUT2D eigenvalue weighted by atomic mass is 10.2. The van der Waals surface area contributed by atoms with E-state index < -0.39 is 0 Å². The minimum atomic E-state index is 1.02. The Morgan fingerprint density at radius 1 is 1.12 bits per heavy atom. The summed E-state index contributed by atoms with van der Waals surface area (Å²) in [5.74, 6) is 0. The van der Waals surface area contributed by atoms with Crippen molar-refractivity contribution in [2.24, 2.45) is 0 Å². The number of hydrogen-bond donors (Lipinski definition) is 0. The molecule has 0 atom stereocenters. The summed E-state index contributed by atoms with van der Waals surface area (Å²) in [5, 5.41) is 0. The van der Waals surface area contributed by atoms with Crippen LogP contribution in [-0.2, 0) is 6.54 Å². The summed E-state index contributed by atoms with van der Waals surface area (Å²) in [5.41, 5.74) is 1.36. The van der Waals surface area contributed by atoms with E-state index in [2.05, 4.69) is 71.0 Å². The predicted octanol–water partition coefficient (Wildman–Crippen LogP) is 2.83. The molecule has 0 spiro atoms. The van der Waals surface area contributed by atoms with E-state index in [0.29, 0.717) is 0 Å². The molecule has 2 nitrogen and oxygen atoms in total. The molecule has 90 valence electrons. The molecule has 0 saturated carbocycles. The summed E-state index contributed by atoms with van der Waals surface area (Å²) in [6.45, 7) is 6.55. The van der Waals surface area contributed by atoms with Crippen LogP contribution in [0.5, 0.6) is 0 Å². The molecule has 16 heavy (non-hydrogen) atoms. The Kier molecular flexibility index (Phi) is 6.03. The zero-order chi connectivity index (χ0) is 12.0. The molecule has 1 aromatic rings. The topological polar surface area (TPSA) is 6.48 Å². The molecule has 0 aliphatic rings. The van der Waals surface area contributed by atoms with Crippen molar-refractivity contribution in [2.75, 3.05) is 33.7 Å². The molecular formula is C13H21BrN2. The van der Waals surface area contributed by atoms with Crippen molar-refractivity contribution in [3.8, 4) is 0 Å². The molecule has 0 N–H and O–H groups in total. The van der Waals surface area contributed by atoms with Crippen LogP contribution in [0.3, 0.4) is 0 Å². The number of benzene rings is 1. The Morgan fingerprint density at radius 2 is 1.81 bits per heavy atom. The van der Waals surface area contributed by atoms with Gasteiger partial charge in [-0.2, -0.15) is 0 Å². The highest BCUT2D eigenvalue weighted by atomic mass is 79.9. The van der Waals surface area contributed by atoms with E-state index in [1.165, 1.54) is 10.0 Å². The van der Waals surface area contributed by atoms with Crippen molar-refractivity contribution in [1.82, 2.24) is 9.80 Å². The standard InChI is InChI=1S/C13H21BrN2/c1-4-16(10-9-15(2)3)11-12-7-5-6-8-13(12)14/h5-8H,4,9-11H2,1-3H3. The highest BCUT2D eigenvalue weighted by Gasteiger charge is 2.06. The van der Waals surface area contributed by atoms with Gasteiger partial charge < -0.3 is 4.90 Å². The monoisotopic (exact) mass is 284 g/mol. The lowest BCUT2D eigenvalue weighted by molar-refractivity contribution is 0.244. The fourth-order valence-electron chi connectivity index (χ4n) is 1.56. The van der Waals surface area contributed by atoms with E-state index >= 15 is 0 Å². The lowest BCUT2D eigenvalue weighted by Crippen LogP contribution is -2.31. The van der Waals surface area contributed by atoms with Crippen molar-refractivity contribution >= 4 is 15.9 Å². The van der Waals surface area contributed by atoms with Gasteiger partial charge in [0.25, 0.3) is 0 Å². The van der Waals surface area contributed by atoms with Crippen LogP contribution in [0.15, 0.2) is 28.7 Å². The average Bonchev–Trinajstić information content (AvgIpc) is 2.26. The predicted molar refractivity (Wildman–Crippen MR) is 73.6 cm³/mol. The van der Waals surface area contributed by atoms with Gasteiger partial charge in [0, 0.05) is 24.1 Å². The molecule has 0 amide bonds. The van der Waals surface area contributed by atoms with Crippen molar-refractivity contribution in [2.45, 2.75) is 13.5 Å². The number of likely N-dealkylation sites (N-methyl/N-ethyl adjacent to an activating group) is 2. The van der Waals surface area contributed by atoms with E-state index in [-0.39, 0.29) is 0 Å². The lowest BCUT2D eigenvalue weighted by Gasteiger charge is -2.23. The summed E-state index contributed by atoms with van der Waals surface area (Å²) < 4.78 is 1.21. The highest BCUT2D eigenvalue weighted by Crippen LogP contribution is 2.17. The van der Waals surface area contributed by atoms with Gasteiger partial charge in [-0.25, -0.2) is 0 Å². The van der Waals surface area contributed by atoms with Crippen LogP contribution in [0.2, 0.25) is 0 Å². The number of rotatable bonds is 6. The quantitative estimate of drug-likeness (QED) is 0.793. The molecule has 0 radical (unpaired) electrons. The number of nitrogens with zero attached hydrogens (tertiary/aromatic N) is 2. The summed E-state index contributed by atoms with van der Waals surface area (Å²) in [6, 6.07) is 8.45. The second kappa shape index (κ2) is 7.05. The van der Waals surface area contributed by atoms with E-state index in [4.69, 9.17) is 0 Å². The molecule has 0 bridgehead atoms. The first-order valence-electron chi connectivity index (χ1n) is 5.74. The molecular weight excluding hydrogens is 264 g/mol. The molecule has 0 aromatic heterocycles. The summed E-state index contributed by atoms with van der Waals surface area (Å²) >= 11 is 3.60. The van der Waals surface area contributed by atoms with Gasteiger partial charge in [0.1, 0.15) is 0 Å². The summed E-state index contributed by atoms with van der Waals surface area (Å²) in [7, 11) is 4.23. The first kappa shape index (κ1) is 13.7. The van der Waals surface area contributed by atoms with Crippen LogP contribution >= 0.6 is 15.9 Å². The molecule has 3 heteroatoms. The molecule has 1 rings (SSSR count). The molecule has 1 aromatic carbocycles. The fraction of sp³-hybridized carbons (Fsp3) is 0.538. The number of hydrogen-bond acceptors (Lipinski definition) is 2. The maximum absolute atomic E-state index is 3.60. The van der Waals surface area contributed by atoms with E-state index in [0.717, 1.165) is 26.2 Å². The van der Waals surface area contributed by atoms with Crippen LogP contribution in [0, 0.1) is 0 Å². The van der Waals surface area contributed by atoms with E-state index in [1.807, 2.05) is 0 Å². The van der Waals surface area contributed by atoms with Crippen LogP contribution in [0.4, 0.5) is 0 Å². The van der Waals surface area contributed by atoms with Crippen LogP contribution in [0.25, 0.3) is 0 Å². The smallest absolute Gasteiger partial charge is 0.0245 e. The molecule has 0 aliphatic carbocycles. The minimum Gasteiger partial charge on any atom is -0.308 e. The molecule has 0 heterocycles. The Bertz CT molecular complexity index is 313. The Labute approximate surface area is 107 Å². The third kappa shape index (κ3) is 4.64. The van der Waals surface area contributed by atoms with Crippen molar-refractivity contribution in [1.29, 1.82) is 0 Å². The molecule has 0 unspecified atom stereocenters. The first-order valence-corrected chi connectivity index (χ1v) is 6.53. The molecule has 0 saturated heterocycles. The maximum atomic E-state index is 3.60. The zero-order valence-electron chi connectivity index (χ0n) is 10.4. The first-order chi connectivity index (χ1) is 7.63. The summed E-state index contributed by atoms with van der Waals surface area (Å²) in [6.07, 6.45) is 0. The summed E-state index contributed by atoms with van der Waals surface area (Å²) in [4.78, 5) is 4.68. The SMILES string of the molecule is CCN(CCN(C)C)Cc1ccccc1Br. The normalized spacial score (nSPS) is 11.4. The largest absolute Gasteiger partial charge is 0.308 e. The van der Waals surface area contributed by atoms with Gasteiger partial charge in [0.15, 0.2) is 0 Å². The second-order valence-corrected chi connectivity index (χ2v) is 5.12. The third-order valence-electron chi connectivity index (χ3n) is 2.66. The molecule has 0 aliphatic heterocycles. The van der Waals surface area contributed by atoms with Crippen LogP contribution in [-0.4, -0.2) is 43.5 Å². The van der Waals surface area contributed by atoms with Crippen molar-refractivity contribution in [3.63, 3.8) is 0 Å². The van der Waals surface area contributed by atoms with Gasteiger partial charge in [-0.3, -0.25) is 4.90 Å². The van der Waals surface area contributed by atoms with Crippen LogP contribution < -0.4 is 0 Å². The second-order valence-electron chi connectivity index (χ2n) is 4.26. The Morgan fingerprint density at radius 3 is 2.38 bits per heavy atom. The Hall–Kier alpha value is -0.380. The van der Waals surface area contributed by atoms with Crippen molar-refractivity contribution in [3.05, 3.63) is 34.3 Å². The fourth-order valence-corrected chi connectivity index (χ4v) is 1.97. The average molecular weight is 285 g/mol. The minimum absolute atomic E-state index is 1.02. The van der Waals surface area contributed by atoms with Gasteiger partial charge in [-0.1, -0.05) is 41.1 Å². The van der Waals surface area contributed by atoms with Gasteiger partial charge in [0.2, 0.25) is 0 Å². The van der Waals surface area contributed by atoms with Gasteiger partial charge in [-0.05, 0) is 32.3 Å². The van der Waals surface area contributed by atoms with E-state index in [1.54, 1.807) is 0 Å².